The fourth-order valence-electron chi connectivity index (χ4n) is 3.00. The Kier molecular flexibility index (Phi) is 4.90. The Labute approximate surface area is 152 Å². The molecule has 3 rings (SSSR count). The zero-order valence-corrected chi connectivity index (χ0v) is 14.5. The van der Waals surface area contributed by atoms with E-state index in [-0.39, 0.29) is 11.4 Å². The summed E-state index contributed by atoms with van der Waals surface area (Å²) in [7, 11) is 0. The highest BCUT2D eigenvalue weighted by Gasteiger charge is 2.26. The second-order valence-electron chi connectivity index (χ2n) is 5.75. The van der Waals surface area contributed by atoms with Crippen LogP contribution in [0.1, 0.15) is 20.7 Å². The van der Waals surface area contributed by atoms with Crippen LogP contribution in [0.2, 0.25) is 0 Å². The standard InChI is InChI=1S/C17H17N3O5S/c18-14-12(16(22)23)11(13(17(24)25)15(21)19-14)9-1-3-10(4-2-9)20-5-7-26-8-6-20/h1-4H,5-8H2,(H,22,23)(H,24,25)(H3,18,19,21). The second-order valence-corrected chi connectivity index (χ2v) is 6.97. The predicted molar refractivity (Wildman–Crippen MR) is 100 cm³/mol. The molecule has 1 aromatic carbocycles. The van der Waals surface area contributed by atoms with Gasteiger partial charge in [0.05, 0.1) is 0 Å². The van der Waals surface area contributed by atoms with Gasteiger partial charge in [0.15, 0.2) is 0 Å². The number of aromatic carboxylic acids is 2. The summed E-state index contributed by atoms with van der Waals surface area (Å²) in [5, 5.41) is 18.9. The zero-order valence-electron chi connectivity index (χ0n) is 13.7. The lowest BCUT2D eigenvalue weighted by Gasteiger charge is -2.28. The van der Waals surface area contributed by atoms with Gasteiger partial charge in [-0.05, 0) is 17.7 Å². The van der Waals surface area contributed by atoms with Crippen molar-refractivity contribution in [2.45, 2.75) is 0 Å². The van der Waals surface area contributed by atoms with Gasteiger partial charge in [0, 0.05) is 35.8 Å². The van der Waals surface area contributed by atoms with E-state index in [0.29, 0.717) is 5.56 Å². The Morgan fingerprint density at radius 1 is 1.04 bits per heavy atom. The maximum Gasteiger partial charge on any atom is 0.342 e. The maximum absolute atomic E-state index is 12.0. The summed E-state index contributed by atoms with van der Waals surface area (Å²) in [5.74, 6) is -1.24. The molecule has 0 atom stereocenters. The number of nitrogens with one attached hydrogen (secondary N) is 1. The minimum atomic E-state index is -1.51. The fourth-order valence-corrected chi connectivity index (χ4v) is 3.90. The predicted octanol–water partition coefficient (Wildman–Crippen LogP) is 1.57. The number of pyridine rings is 1. The van der Waals surface area contributed by atoms with Crippen molar-refractivity contribution >= 4 is 35.2 Å². The first-order chi connectivity index (χ1) is 12.4. The van der Waals surface area contributed by atoms with Gasteiger partial charge >= 0.3 is 11.9 Å². The summed E-state index contributed by atoms with van der Waals surface area (Å²) in [6.07, 6.45) is 0. The van der Waals surface area contributed by atoms with Gasteiger partial charge in [-0.3, -0.25) is 4.79 Å². The van der Waals surface area contributed by atoms with Crippen LogP contribution in [-0.2, 0) is 0 Å². The highest BCUT2D eigenvalue weighted by Crippen LogP contribution is 2.31. The summed E-state index contributed by atoms with van der Waals surface area (Å²) in [6.45, 7) is 1.81. The number of carboxylic acid groups (broad SMARTS) is 2. The molecule has 1 aliphatic rings. The van der Waals surface area contributed by atoms with Crippen LogP contribution in [0, 0.1) is 0 Å². The van der Waals surface area contributed by atoms with E-state index in [0.717, 1.165) is 30.3 Å². The summed E-state index contributed by atoms with van der Waals surface area (Å²) < 4.78 is 0. The molecule has 1 aliphatic heterocycles. The first-order valence-electron chi connectivity index (χ1n) is 7.85. The van der Waals surface area contributed by atoms with Gasteiger partial charge < -0.3 is 25.8 Å². The Bertz CT molecular complexity index is 917. The molecule has 9 heteroatoms. The molecule has 2 heterocycles. The molecule has 0 aliphatic carbocycles. The third-order valence-electron chi connectivity index (χ3n) is 4.20. The van der Waals surface area contributed by atoms with Crippen molar-refractivity contribution in [3.8, 4) is 11.1 Å². The molecular formula is C17H17N3O5S. The SMILES string of the molecule is Nc1[nH]c(=O)c(C(=O)O)c(-c2ccc(N3CCSCC3)cc2)c1C(=O)O. The molecule has 8 nitrogen and oxygen atoms in total. The van der Waals surface area contributed by atoms with Crippen molar-refractivity contribution in [3.05, 3.63) is 45.7 Å². The van der Waals surface area contributed by atoms with Crippen molar-refractivity contribution in [3.63, 3.8) is 0 Å². The highest BCUT2D eigenvalue weighted by molar-refractivity contribution is 7.99. The van der Waals surface area contributed by atoms with Crippen molar-refractivity contribution in [2.24, 2.45) is 0 Å². The van der Waals surface area contributed by atoms with Crippen molar-refractivity contribution in [1.82, 2.24) is 4.98 Å². The van der Waals surface area contributed by atoms with Crippen LogP contribution in [0.5, 0.6) is 0 Å². The highest BCUT2D eigenvalue weighted by atomic mass is 32.2. The number of carboxylic acids is 2. The first-order valence-corrected chi connectivity index (χ1v) is 9.01. The number of anilines is 2. The quantitative estimate of drug-likeness (QED) is 0.632. The zero-order chi connectivity index (χ0) is 18.8. The van der Waals surface area contributed by atoms with Gasteiger partial charge in [0.25, 0.3) is 5.56 Å². The van der Waals surface area contributed by atoms with Crippen LogP contribution in [0.15, 0.2) is 29.1 Å². The van der Waals surface area contributed by atoms with E-state index in [2.05, 4.69) is 9.88 Å². The lowest BCUT2D eigenvalue weighted by molar-refractivity contribution is 0.0695. The van der Waals surface area contributed by atoms with E-state index in [1.807, 2.05) is 11.8 Å². The minimum absolute atomic E-state index is 0.188. The molecule has 0 amide bonds. The van der Waals surface area contributed by atoms with Gasteiger partial charge in [-0.25, -0.2) is 9.59 Å². The number of nitrogens with two attached hydrogens (primary N) is 1. The van der Waals surface area contributed by atoms with E-state index in [1.165, 1.54) is 0 Å². The van der Waals surface area contributed by atoms with E-state index in [1.54, 1.807) is 24.3 Å². The number of benzene rings is 1. The number of nitrogens with zero attached hydrogens (tertiary/aromatic N) is 1. The molecule has 26 heavy (non-hydrogen) atoms. The number of thioether (sulfide) groups is 1. The first kappa shape index (κ1) is 17.9. The van der Waals surface area contributed by atoms with E-state index in [4.69, 9.17) is 5.73 Å². The van der Waals surface area contributed by atoms with Crippen LogP contribution in [0.3, 0.4) is 0 Å². The van der Waals surface area contributed by atoms with Crippen molar-refractivity contribution < 1.29 is 19.8 Å². The molecule has 1 saturated heterocycles. The molecule has 0 bridgehead atoms. The molecule has 0 unspecified atom stereocenters. The smallest absolute Gasteiger partial charge is 0.342 e. The molecule has 0 saturated carbocycles. The van der Waals surface area contributed by atoms with E-state index >= 15 is 0 Å². The fraction of sp³-hybridized carbons (Fsp3) is 0.235. The topological polar surface area (TPSA) is 137 Å². The Morgan fingerprint density at radius 2 is 1.62 bits per heavy atom. The van der Waals surface area contributed by atoms with E-state index < -0.39 is 28.6 Å². The minimum Gasteiger partial charge on any atom is -0.478 e. The number of carbonyl (C=O) groups is 2. The van der Waals surface area contributed by atoms with Gasteiger partial charge in [-0.1, -0.05) is 12.1 Å². The Hall–Kier alpha value is -2.94. The van der Waals surface area contributed by atoms with Crippen LogP contribution >= 0.6 is 11.8 Å². The van der Waals surface area contributed by atoms with Crippen molar-refractivity contribution in [2.75, 3.05) is 35.2 Å². The average molecular weight is 375 g/mol. The van der Waals surface area contributed by atoms with E-state index in [9.17, 15) is 24.6 Å². The average Bonchev–Trinajstić information content (AvgIpc) is 2.61. The third-order valence-corrected chi connectivity index (χ3v) is 5.15. The largest absolute Gasteiger partial charge is 0.478 e. The number of nitrogen functional groups attached to an aromatic ring is 1. The van der Waals surface area contributed by atoms with Gasteiger partial charge in [0.2, 0.25) is 0 Å². The van der Waals surface area contributed by atoms with Crippen LogP contribution < -0.4 is 16.2 Å². The molecule has 2 aromatic rings. The second kappa shape index (κ2) is 7.12. The molecule has 1 fully saturated rings. The molecule has 0 radical (unpaired) electrons. The summed E-state index contributed by atoms with van der Waals surface area (Å²) >= 11 is 1.88. The number of rotatable bonds is 4. The van der Waals surface area contributed by atoms with Crippen LogP contribution in [0.4, 0.5) is 11.5 Å². The number of hydrogen-bond donors (Lipinski definition) is 4. The number of H-pyrrole nitrogens is 1. The number of aromatic amines is 1. The summed E-state index contributed by atoms with van der Waals surface area (Å²) in [4.78, 5) is 39.5. The van der Waals surface area contributed by atoms with Gasteiger partial charge in [-0.15, -0.1) is 0 Å². The summed E-state index contributed by atoms with van der Waals surface area (Å²) in [6, 6.07) is 6.81. The molecule has 0 spiro atoms. The lowest BCUT2D eigenvalue weighted by atomic mass is 9.95. The van der Waals surface area contributed by atoms with Crippen LogP contribution in [0.25, 0.3) is 11.1 Å². The van der Waals surface area contributed by atoms with Gasteiger partial charge in [0.1, 0.15) is 16.9 Å². The Balaban J connectivity index is 2.14. The molecule has 1 aromatic heterocycles. The molecule has 136 valence electrons. The van der Waals surface area contributed by atoms with Gasteiger partial charge in [-0.2, -0.15) is 11.8 Å². The Morgan fingerprint density at radius 3 is 2.15 bits per heavy atom. The molecule has 5 N–H and O–H groups in total. The number of hydrogen-bond acceptors (Lipinski definition) is 6. The monoisotopic (exact) mass is 375 g/mol. The third kappa shape index (κ3) is 3.25. The maximum atomic E-state index is 12.0. The number of aromatic nitrogens is 1. The normalized spacial score (nSPS) is 14.2. The van der Waals surface area contributed by atoms with Crippen molar-refractivity contribution in [1.29, 1.82) is 0 Å². The summed E-state index contributed by atoms with van der Waals surface area (Å²) in [5.41, 5.74) is 4.72. The molecular weight excluding hydrogens is 358 g/mol. The van der Waals surface area contributed by atoms with Crippen LogP contribution in [-0.4, -0.2) is 51.7 Å². The lowest BCUT2D eigenvalue weighted by Crippen LogP contribution is -2.32.